The molecule has 1 saturated heterocycles. The van der Waals surface area contributed by atoms with Crippen LogP contribution in [0, 0.1) is 0 Å². The molecule has 1 aromatic rings. The molecule has 0 amide bonds. The van der Waals surface area contributed by atoms with Crippen LogP contribution in [0.25, 0.3) is 0 Å². The molecule has 1 N–H and O–H groups in total. The van der Waals surface area contributed by atoms with Gasteiger partial charge in [0.05, 0.1) is 14.2 Å². The van der Waals surface area contributed by atoms with Gasteiger partial charge in [0.2, 0.25) is 5.75 Å². The average molecular weight is 310 g/mol. The van der Waals surface area contributed by atoms with Crippen LogP contribution >= 0.6 is 0 Å². The number of rotatable bonds is 7. The molecule has 0 aliphatic carbocycles. The molecule has 1 fully saturated rings. The van der Waals surface area contributed by atoms with E-state index in [0.29, 0.717) is 23.8 Å². The maximum atomic E-state index is 10.2. The van der Waals surface area contributed by atoms with Gasteiger partial charge in [0.1, 0.15) is 12.7 Å². The van der Waals surface area contributed by atoms with Gasteiger partial charge in [-0.05, 0) is 19.2 Å². The molecule has 6 heteroatoms. The zero-order chi connectivity index (χ0) is 15.9. The van der Waals surface area contributed by atoms with E-state index >= 15 is 0 Å². The fourth-order valence-electron chi connectivity index (χ4n) is 2.52. The van der Waals surface area contributed by atoms with Crippen molar-refractivity contribution in [3.05, 3.63) is 18.2 Å². The van der Waals surface area contributed by atoms with Crippen molar-refractivity contribution < 1.29 is 19.3 Å². The number of nitrogens with zero attached hydrogens (tertiary/aromatic N) is 2. The smallest absolute Gasteiger partial charge is 0.203 e. The predicted molar refractivity (Wildman–Crippen MR) is 85.0 cm³/mol. The summed E-state index contributed by atoms with van der Waals surface area (Å²) < 4.78 is 16.3. The molecule has 22 heavy (non-hydrogen) atoms. The number of benzene rings is 1. The van der Waals surface area contributed by atoms with E-state index in [9.17, 15) is 5.11 Å². The summed E-state index contributed by atoms with van der Waals surface area (Å²) >= 11 is 0. The molecule has 1 aliphatic rings. The molecule has 0 spiro atoms. The van der Waals surface area contributed by atoms with E-state index in [1.165, 1.54) is 0 Å². The number of piperazine rings is 1. The summed E-state index contributed by atoms with van der Waals surface area (Å²) in [5, 5.41) is 10.2. The monoisotopic (exact) mass is 310 g/mol. The highest BCUT2D eigenvalue weighted by atomic mass is 16.5. The van der Waals surface area contributed by atoms with E-state index in [2.05, 4.69) is 16.8 Å². The van der Waals surface area contributed by atoms with Gasteiger partial charge in [0, 0.05) is 32.7 Å². The third-order valence-corrected chi connectivity index (χ3v) is 3.87. The topological polar surface area (TPSA) is 54.4 Å². The third kappa shape index (κ3) is 4.50. The van der Waals surface area contributed by atoms with Crippen molar-refractivity contribution in [3.8, 4) is 17.2 Å². The molecule has 0 bridgehead atoms. The number of aliphatic hydroxyl groups is 1. The SMILES string of the molecule is COc1cccc(OC)c1OC[C@H](O)CN1CCN(C)CC1. The summed E-state index contributed by atoms with van der Waals surface area (Å²) in [6.45, 7) is 4.85. The molecule has 6 nitrogen and oxygen atoms in total. The van der Waals surface area contributed by atoms with E-state index in [4.69, 9.17) is 14.2 Å². The Labute approximate surface area is 132 Å². The molecule has 1 aliphatic heterocycles. The number of methoxy groups -OCH3 is 2. The van der Waals surface area contributed by atoms with E-state index < -0.39 is 6.10 Å². The van der Waals surface area contributed by atoms with Crippen molar-refractivity contribution in [3.63, 3.8) is 0 Å². The minimum absolute atomic E-state index is 0.211. The maximum absolute atomic E-state index is 10.2. The average Bonchev–Trinajstić information content (AvgIpc) is 2.54. The molecule has 0 radical (unpaired) electrons. The molecule has 1 aromatic carbocycles. The van der Waals surface area contributed by atoms with Crippen molar-refractivity contribution in [2.24, 2.45) is 0 Å². The van der Waals surface area contributed by atoms with Crippen LogP contribution in [-0.4, -0.2) is 81.6 Å². The lowest BCUT2D eigenvalue weighted by atomic mass is 10.2. The summed E-state index contributed by atoms with van der Waals surface area (Å²) in [5.74, 6) is 1.74. The Balaban J connectivity index is 1.87. The number of ether oxygens (including phenoxy) is 3. The zero-order valence-corrected chi connectivity index (χ0v) is 13.6. The first kappa shape index (κ1) is 16.9. The first-order chi connectivity index (χ1) is 10.6. The Morgan fingerprint density at radius 2 is 1.68 bits per heavy atom. The number of β-amino-alcohol motifs (C(OH)–C–C–N with tert-alkyl or cyclic N) is 1. The quantitative estimate of drug-likeness (QED) is 0.800. The van der Waals surface area contributed by atoms with Crippen LogP contribution in [0.3, 0.4) is 0 Å². The van der Waals surface area contributed by atoms with Gasteiger partial charge in [-0.3, -0.25) is 4.90 Å². The Kier molecular flexibility index (Phi) is 6.30. The second-order valence-corrected chi connectivity index (χ2v) is 5.56. The van der Waals surface area contributed by atoms with Crippen molar-refractivity contribution in [1.82, 2.24) is 9.80 Å². The number of aliphatic hydroxyl groups excluding tert-OH is 1. The van der Waals surface area contributed by atoms with E-state index in [-0.39, 0.29) is 6.61 Å². The Hall–Kier alpha value is -1.50. The Bertz CT molecular complexity index is 439. The zero-order valence-electron chi connectivity index (χ0n) is 13.6. The minimum Gasteiger partial charge on any atom is -0.493 e. The maximum Gasteiger partial charge on any atom is 0.203 e. The first-order valence-corrected chi connectivity index (χ1v) is 7.56. The molecule has 0 aromatic heterocycles. The second kappa shape index (κ2) is 8.22. The molecule has 1 heterocycles. The molecular formula is C16H26N2O4. The number of likely N-dealkylation sites (N-methyl/N-ethyl adjacent to an activating group) is 1. The highest BCUT2D eigenvalue weighted by molar-refractivity contribution is 5.51. The third-order valence-electron chi connectivity index (χ3n) is 3.87. The first-order valence-electron chi connectivity index (χ1n) is 7.56. The van der Waals surface area contributed by atoms with Crippen LogP contribution in [0.2, 0.25) is 0 Å². The van der Waals surface area contributed by atoms with Crippen LogP contribution in [-0.2, 0) is 0 Å². The molecule has 124 valence electrons. The molecular weight excluding hydrogens is 284 g/mol. The van der Waals surface area contributed by atoms with Crippen molar-refractivity contribution in [2.75, 3.05) is 60.6 Å². The lowest BCUT2D eigenvalue weighted by Crippen LogP contribution is -2.47. The molecule has 1 atom stereocenters. The van der Waals surface area contributed by atoms with Gasteiger partial charge in [-0.15, -0.1) is 0 Å². The van der Waals surface area contributed by atoms with E-state index in [0.717, 1.165) is 26.2 Å². The number of para-hydroxylation sites is 1. The highest BCUT2D eigenvalue weighted by Crippen LogP contribution is 2.36. The van der Waals surface area contributed by atoms with E-state index in [1.807, 2.05) is 18.2 Å². The lowest BCUT2D eigenvalue weighted by molar-refractivity contribution is 0.0490. The fraction of sp³-hybridized carbons (Fsp3) is 0.625. The van der Waals surface area contributed by atoms with Crippen molar-refractivity contribution in [1.29, 1.82) is 0 Å². The van der Waals surface area contributed by atoms with Gasteiger partial charge in [-0.25, -0.2) is 0 Å². The fourth-order valence-corrected chi connectivity index (χ4v) is 2.52. The lowest BCUT2D eigenvalue weighted by Gasteiger charge is -2.33. The standard InChI is InChI=1S/C16H26N2O4/c1-17-7-9-18(10-8-17)11-13(19)12-22-16-14(20-2)5-4-6-15(16)21-3/h4-6,13,19H,7-12H2,1-3H3/t13-/m1/s1. The van der Waals surface area contributed by atoms with Crippen LogP contribution in [0.1, 0.15) is 0 Å². The second-order valence-electron chi connectivity index (χ2n) is 5.56. The van der Waals surface area contributed by atoms with Crippen molar-refractivity contribution >= 4 is 0 Å². The molecule has 0 saturated carbocycles. The van der Waals surface area contributed by atoms with Gasteiger partial charge in [0.25, 0.3) is 0 Å². The predicted octanol–water partition coefficient (Wildman–Crippen LogP) is 0.691. The van der Waals surface area contributed by atoms with Crippen molar-refractivity contribution in [2.45, 2.75) is 6.10 Å². The van der Waals surface area contributed by atoms with Gasteiger partial charge >= 0.3 is 0 Å². The van der Waals surface area contributed by atoms with Crippen LogP contribution in [0.4, 0.5) is 0 Å². The number of hydrogen-bond acceptors (Lipinski definition) is 6. The van der Waals surface area contributed by atoms with Crippen LogP contribution in [0.5, 0.6) is 17.2 Å². The minimum atomic E-state index is -0.543. The van der Waals surface area contributed by atoms with E-state index in [1.54, 1.807) is 14.2 Å². The number of hydrogen-bond donors (Lipinski definition) is 1. The summed E-state index contributed by atoms with van der Waals surface area (Å²) in [6.07, 6.45) is -0.543. The summed E-state index contributed by atoms with van der Waals surface area (Å²) in [7, 11) is 5.29. The highest BCUT2D eigenvalue weighted by Gasteiger charge is 2.19. The summed E-state index contributed by atoms with van der Waals surface area (Å²) in [4.78, 5) is 4.55. The van der Waals surface area contributed by atoms with Gasteiger partial charge in [-0.1, -0.05) is 6.07 Å². The van der Waals surface area contributed by atoms with Crippen LogP contribution < -0.4 is 14.2 Å². The van der Waals surface area contributed by atoms with Gasteiger partial charge in [-0.2, -0.15) is 0 Å². The van der Waals surface area contributed by atoms with Gasteiger partial charge < -0.3 is 24.2 Å². The Morgan fingerprint density at radius 1 is 1.09 bits per heavy atom. The Morgan fingerprint density at radius 3 is 2.23 bits per heavy atom. The summed E-state index contributed by atoms with van der Waals surface area (Å²) in [5.41, 5.74) is 0. The largest absolute Gasteiger partial charge is 0.493 e. The molecule has 0 unspecified atom stereocenters. The summed E-state index contributed by atoms with van der Waals surface area (Å²) in [6, 6.07) is 5.46. The van der Waals surface area contributed by atoms with Crippen LogP contribution in [0.15, 0.2) is 18.2 Å². The van der Waals surface area contributed by atoms with Gasteiger partial charge in [0.15, 0.2) is 11.5 Å². The molecule has 2 rings (SSSR count). The normalized spacial score (nSPS) is 18.0.